The molecule has 3 saturated heterocycles. The molecule has 0 spiro atoms. The molecule has 6 rings (SSSR count). The van der Waals surface area contributed by atoms with E-state index >= 15 is 0 Å². The first-order valence-corrected chi connectivity index (χ1v) is 13.1. The lowest BCUT2D eigenvalue weighted by atomic mass is 9.78. The van der Waals surface area contributed by atoms with Gasteiger partial charge in [-0.15, -0.1) is 0 Å². The van der Waals surface area contributed by atoms with E-state index in [1.54, 1.807) is 0 Å². The number of aliphatic carboxylic acids is 1. The van der Waals surface area contributed by atoms with Crippen LogP contribution in [0.2, 0.25) is 0 Å². The minimum Gasteiger partial charge on any atom is -0.481 e. The fourth-order valence-corrected chi connectivity index (χ4v) is 9.22. The number of carboxylic acids is 1. The molecule has 4 aliphatic rings. The molecular weight excluding hydrogens is 395 g/mol. The third kappa shape index (κ3) is 3.88. The van der Waals surface area contributed by atoms with Crippen molar-refractivity contribution in [1.82, 2.24) is 0 Å². The Balaban J connectivity index is 1.23. The third-order valence-corrected chi connectivity index (χ3v) is 11.2. The maximum Gasteiger partial charge on any atom is 0.306 e. The van der Waals surface area contributed by atoms with Gasteiger partial charge in [0, 0.05) is 11.5 Å². The third-order valence-electron chi connectivity index (χ3n) is 7.45. The van der Waals surface area contributed by atoms with Crippen molar-refractivity contribution in [3.63, 3.8) is 0 Å². The molecule has 1 saturated carbocycles. The molecule has 2 bridgehead atoms. The molecule has 1 unspecified atom stereocenters. The SMILES string of the molecule is Cc1ccc(Oc2cccc([P+]34CCC(CC[C@@H]5CC5C(=O)O)(CC3)CO4)c2)cc1. The number of hydrogen-bond donors (Lipinski definition) is 1. The van der Waals surface area contributed by atoms with Crippen molar-refractivity contribution in [3.8, 4) is 11.5 Å². The number of rotatable bonds is 7. The van der Waals surface area contributed by atoms with Crippen LogP contribution in [0.1, 0.15) is 37.7 Å². The van der Waals surface area contributed by atoms with Crippen LogP contribution in [0, 0.1) is 24.2 Å². The number of hydrogen-bond acceptors (Lipinski definition) is 3. The lowest BCUT2D eigenvalue weighted by Gasteiger charge is -2.47. The van der Waals surface area contributed by atoms with Gasteiger partial charge in [0.2, 0.25) is 0 Å². The van der Waals surface area contributed by atoms with Crippen molar-refractivity contribution >= 4 is 18.8 Å². The molecule has 30 heavy (non-hydrogen) atoms. The van der Waals surface area contributed by atoms with Gasteiger partial charge in [-0.3, -0.25) is 4.79 Å². The molecule has 3 heterocycles. The van der Waals surface area contributed by atoms with E-state index in [2.05, 4.69) is 37.3 Å². The predicted octanol–water partition coefficient (Wildman–Crippen LogP) is 5.66. The first kappa shape index (κ1) is 20.0. The highest BCUT2D eigenvalue weighted by Crippen LogP contribution is 2.70. The molecule has 0 aromatic heterocycles. The van der Waals surface area contributed by atoms with E-state index in [4.69, 9.17) is 14.4 Å². The van der Waals surface area contributed by atoms with Gasteiger partial charge in [-0.05, 0) is 69.2 Å². The Morgan fingerprint density at radius 2 is 1.93 bits per heavy atom. The maximum atomic E-state index is 11.1. The average molecular weight is 425 g/mol. The number of carboxylic acid groups (broad SMARTS) is 1. The summed E-state index contributed by atoms with van der Waals surface area (Å²) in [7, 11) is -1.57. The van der Waals surface area contributed by atoms with E-state index in [0.29, 0.717) is 5.92 Å². The fraction of sp³-hybridized carbons (Fsp3) is 0.480. The van der Waals surface area contributed by atoms with Crippen LogP contribution in [0.4, 0.5) is 0 Å². The van der Waals surface area contributed by atoms with Crippen molar-refractivity contribution in [1.29, 1.82) is 0 Å². The quantitative estimate of drug-likeness (QED) is 0.582. The van der Waals surface area contributed by atoms with Crippen molar-refractivity contribution in [2.75, 3.05) is 18.9 Å². The summed E-state index contributed by atoms with van der Waals surface area (Å²) in [5, 5.41) is 10.5. The Hall–Kier alpha value is -1.90. The number of carbonyl (C=O) groups is 1. The van der Waals surface area contributed by atoms with Crippen LogP contribution >= 0.6 is 7.49 Å². The molecule has 1 N–H and O–H groups in total. The summed E-state index contributed by atoms with van der Waals surface area (Å²) >= 11 is 0. The minimum atomic E-state index is -1.57. The second kappa shape index (κ2) is 7.66. The van der Waals surface area contributed by atoms with Gasteiger partial charge in [0.15, 0.2) is 7.49 Å². The molecule has 0 amide bonds. The molecule has 4 nitrogen and oxygen atoms in total. The molecule has 2 aromatic carbocycles. The zero-order valence-electron chi connectivity index (χ0n) is 17.5. The lowest BCUT2D eigenvalue weighted by molar-refractivity contribution is -0.138. The standard InChI is InChI=1S/C25H29O4P/c1-18-5-7-20(8-6-18)29-21-3-2-4-22(16-21)30-13-11-25(12-14-30,17-28-30)10-9-19-15-23(19)24(26)27/h2-8,16,19,23H,9-15,17H2,1H3/p+1/t19-,23?,25?,30?/m1/s1. The van der Waals surface area contributed by atoms with Crippen molar-refractivity contribution in [2.45, 2.75) is 39.0 Å². The molecule has 4 fully saturated rings. The predicted molar refractivity (Wildman–Crippen MR) is 120 cm³/mol. The Morgan fingerprint density at radius 1 is 1.17 bits per heavy atom. The number of benzene rings is 2. The van der Waals surface area contributed by atoms with Gasteiger partial charge in [-0.2, -0.15) is 0 Å². The highest BCUT2D eigenvalue weighted by Gasteiger charge is 2.57. The van der Waals surface area contributed by atoms with Gasteiger partial charge in [-0.1, -0.05) is 23.8 Å². The highest BCUT2D eigenvalue weighted by molar-refractivity contribution is 7.78. The van der Waals surface area contributed by atoms with E-state index < -0.39 is 13.5 Å². The average Bonchev–Trinajstić information content (AvgIpc) is 3.56. The van der Waals surface area contributed by atoms with Crippen LogP contribution < -0.4 is 10.0 Å². The van der Waals surface area contributed by atoms with Gasteiger partial charge >= 0.3 is 5.97 Å². The van der Waals surface area contributed by atoms with Crippen molar-refractivity contribution in [2.24, 2.45) is 17.3 Å². The minimum absolute atomic E-state index is 0.0858. The van der Waals surface area contributed by atoms with Crippen LogP contribution in [0.15, 0.2) is 48.5 Å². The summed E-state index contributed by atoms with van der Waals surface area (Å²) in [6.45, 7) is 2.92. The van der Waals surface area contributed by atoms with Crippen LogP contribution in [0.3, 0.4) is 0 Å². The summed E-state index contributed by atoms with van der Waals surface area (Å²) < 4.78 is 12.7. The maximum absolute atomic E-state index is 11.1. The summed E-state index contributed by atoms with van der Waals surface area (Å²) in [4.78, 5) is 11.1. The zero-order chi connectivity index (χ0) is 20.8. The zero-order valence-corrected chi connectivity index (χ0v) is 18.4. The van der Waals surface area contributed by atoms with Crippen LogP contribution in [-0.4, -0.2) is 30.0 Å². The van der Waals surface area contributed by atoms with E-state index in [1.165, 1.54) is 23.7 Å². The fourth-order valence-electron chi connectivity index (χ4n) is 5.16. The van der Waals surface area contributed by atoms with Gasteiger partial charge in [0.1, 0.15) is 16.8 Å². The van der Waals surface area contributed by atoms with Crippen LogP contribution in [0.25, 0.3) is 0 Å². The molecule has 158 valence electrons. The van der Waals surface area contributed by atoms with Crippen LogP contribution in [-0.2, 0) is 9.32 Å². The largest absolute Gasteiger partial charge is 0.481 e. The van der Waals surface area contributed by atoms with E-state index in [9.17, 15) is 4.79 Å². The Labute approximate surface area is 179 Å². The molecule has 2 aromatic rings. The topological polar surface area (TPSA) is 55.8 Å². The Bertz CT molecular complexity index is 914. The summed E-state index contributed by atoms with van der Waals surface area (Å²) in [6, 6.07) is 16.7. The first-order valence-electron chi connectivity index (χ1n) is 11.1. The Morgan fingerprint density at radius 3 is 2.57 bits per heavy atom. The first-order chi connectivity index (χ1) is 14.5. The van der Waals surface area contributed by atoms with Gasteiger partial charge in [0.25, 0.3) is 0 Å². The smallest absolute Gasteiger partial charge is 0.306 e. The molecular formula is C25H30O4P+. The number of aryl methyl sites for hydroxylation is 1. The molecule has 5 heteroatoms. The molecule has 2 atom stereocenters. The monoisotopic (exact) mass is 425 g/mol. The van der Waals surface area contributed by atoms with Crippen LogP contribution in [0.5, 0.6) is 11.5 Å². The van der Waals surface area contributed by atoms with E-state index in [1.807, 2.05) is 18.2 Å². The molecule has 3 aliphatic heterocycles. The summed E-state index contributed by atoms with van der Waals surface area (Å²) in [6.07, 6.45) is 7.77. The molecule has 0 radical (unpaired) electrons. The second-order valence-electron chi connectivity index (χ2n) is 9.50. The lowest BCUT2D eigenvalue weighted by Crippen LogP contribution is -2.43. The number of ether oxygens (including phenoxy) is 1. The van der Waals surface area contributed by atoms with E-state index in [0.717, 1.165) is 49.7 Å². The van der Waals surface area contributed by atoms with Gasteiger partial charge in [-0.25, -0.2) is 4.52 Å². The van der Waals surface area contributed by atoms with E-state index in [-0.39, 0.29) is 11.3 Å². The normalized spacial score (nSPS) is 32.0. The number of fused-ring (bicyclic) bond motifs is 3. The van der Waals surface area contributed by atoms with Gasteiger partial charge in [0.05, 0.1) is 24.8 Å². The van der Waals surface area contributed by atoms with Gasteiger partial charge < -0.3 is 9.84 Å². The highest BCUT2D eigenvalue weighted by atomic mass is 31.2. The molecule has 1 aliphatic carbocycles. The summed E-state index contributed by atoms with van der Waals surface area (Å²) in [5.74, 6) is 1.44. The Kier molecular flexibility index (Phi) is 5.11. The summed E-state index contributed by atoms with van der Waals surface area (Å²) in [5.41, 5.74) is 1.51. The van der Waals surface area contributed by atoms with Crippen molar-refractivity contribution < 1.29 is 19.2 Å². The second-order valence-corrected chi connectivity index (χ2v) is 12.9. The van der Waals surface area contributed by atoms with Crippen molar-refractivity contribution in [3.05, 3.63) is 54.1 Å².